The van der Waals surface area contributed by atoms with E-state index in [2.05, 4.69) is 4.90 Å². The van der Waals surface area contributed by atoms with Crippen molar-refractivity contribution in [2.45, 2.75) is 64.2 Å². The number of hydrogen-bond donors (Lipinski definition) is 1. The highest BCUT2D eigenvalue weighted by Gasteiger charge is 2.71. The second-order valence-electron chi connectivity index (χ2n) is 11.6. The zero-order chi connectivity index (χ0) is 29.0. The van der Waals surface area contributed by atoms with E-state index in [-0.39, 0.29) is 11.5 Å². The summed E-state index contributed by atoms with van der Waals surface area (Å²) in [4.78, 5) is 16.2. The number of carbonyl (C=O) groups is 1. The van der Waals surface area contributed by atoms with Crippen molar-refractivity contribution < 1.29 is 41.0 Å². The van der Waals surface area contributed by atoms with Crippen LogP contribution in [0.15, 0.2) is 42.5 Å². The normalized spacial score (nSPS) is 18.1. The molecule has 2 aromatic rings. The number of alkyl halides is 6. The molecule has 1 N–H and O–H groups in total. The molecule has 2 aliphatic heterocycles. The number of amides is 1. The summed E-state index contributed by atoms with van der Waals surface area (Å²) < 4.78 is 84.6. The fourth-order valence-corrected chi connectivity index (χ4v) is 5.39. The monoisotopic (exact) mass is 558 g/mol. The molecule has 0 aromatic heterocycles. The lowest BCUT2D eigenvalue weighted by Gasteiger charge is -2.60. The van der Waals surface area contributed by atoms with Crippen LogP contribution in [-0.4, -0.2) is 65.1 Å². The SMILES string of the molecule is CCc1cc(CN2CC3(C2)CN(C(=O)OC(C)(C)C)C3)ccc1-c1ccc(C(O)(C(F)(F)F)C(F)(F)F)cc1. The second-order valence-corrected chi connectivity index (χ2v) is 11.6. The fourth-order valence-electron chi connectivity index (χ4n) is 5.39. The Hall–Kier alpha value is -2.79. The molecule has 2 fully saturated rings. The zero-order valence-electron chi connectivity index (χ0n) is 22.2. The minimum atomic E-state index is -5.92. The summed E-state index contributed by atoms with van der Waals surface area (Å²) >= 11 is 0. The molecule has 2 aromatic carbocycles. The summed E-state index contributed by atoms with van der Waals surface area (Å²) in [7, 11) is 0. The fraction of sp³-hybridized carbons (Fsp3) is 0.536. The number of carbonyl (C=O) groups excluding carboxylic acids is 1. The third kappa shape index (κ3) is 5.61. The average Bonchev–Trinajstić information content (AvgIpc) is 2.76. The van der Waals surface area contributed by atoms with Crippen molar-refractivity contribution >= 4 is 6.09 Å². The van der Waals surface area contributed by atoms with E-state index in [1.807, 2.05) is 45.9 Å². The van der Waals surface area contributed by atoms with Crippen LogP contribution in [0.2, 0.25) is 0 Å². The summed E-state index contributed by atoms with van der Waals surface area (Å²) in [5.41, 5.74) is -3.60. The van der Waals surface area contributed by atoms with Gasteiger partial charge in [0, 0.05) is 43.7 Å². The molecule has 2 aliphatic rings. The number of hydrogen-bond acceptors (Lipinski definition) is 4. The molecule has 0 atom stereocenters. The minimum Gasteiger partial charge on any atom is -0.444 e. The van der Waals surface area contributed by atoms with Crippen LogP contribution in [0.4, 0.5) is 31.1 Å². The van der Waals surface area contributed by atoms with Crippen molar-refractivity contribution in [3.8, 4) is 11.1 Å². The smallest absolute Gasteiger partial charge is 0.430 e. The van der Waals surface area contributed by atoms with Crippen molar-refractivity contribution in [3.05, 3.63) is 59.2 Å². The summed E-state index contributed by atoms with van der Waals surface area (Å²) in [6.45, 7) is 11.1. The van der Waals surface area contributed by atoms with Gasteiger partial charge in [-0.05, 0) is 49.4 Å². The first-order valence-electron chi connectivity index (χ1n) is 12.7. The maximum atomic E-state index is 13.2. The Morgan fingerprint density at radius 2 is 1.49 bits per heavy atom. The van der Waals surface area contributed by atoms with Crippen LogP contribution >= 0.6 is 0 Å². The minimum absolute atomic E-state index is 0.0843. The van der Waals surface area contributed by atoms with E-state index in [1.54, 1.807) is 4.90 Å². The second kappa shape index (κ2) is 9.69. The number of ether oxygens (including phenoxy) is 1. The number of aliphatic hydroxyl groups is 1. The summed E-state index contributed by atoms with van der Waals surface area (Å²) in [5.74, 6) is 0. The standard InChI is InChI=1S/C28H32F6N2O3/c1-5-19-12-18(13-35-14-25(15-35)16-36(17-25)23(37)39-24(2,3)4)6-11-22(19)20-7-9-21(10-8-20)26(38,27(29,30)31)28(32,33)34/h6-12,38H,5,13-17H2,1-4H3. The molecule has 214 valence electrons. The third-order valence-corrected chi connectivity index (χ3v) is 7.21. The average molecular weight is 559 g/mol. The van der Waals surface area contributed by atoms with Gasteiger partial charge in [-0.25, -0.2) is 4.79 Å². The Labute approximate surface area is 223 Å². The molecule has 0 unspecified atom stereocenters. The summed E-state index contributed by atoms with van der Waals surface area (Å²) in [6, 6.07) is 9.36. The van der Waals surface area contributed by atoms with Crippen LogP contribution in [0.1, 0.15) is 44.4 Å². The van der Waals surface area contributed by atoms with Crippen LogP contribution in [0.25, 0.3) is 11.1 Å². The van der Waals surface area contributed by atoms with Crippen LogP contribution < -0.4 is 0 Å². The van der Waals surface area contributed by atoms with E-state index >= 15 is 0 Å². The number of halogens is 6. The number of aryl methyl sites for hydroxylation is 1. The molecule has 0 saturated carbocycles. The number of likely N-dealkylation sites (tertiary alicyclic amines) is 2. The quantitative estimate of drug-likeness (QED) is 0.439. The van der Waals surface area contributed by atoms with Gasteiger partial charge in [0.25, 0.3) is 5.60 Å². The van der Waals surface area contributed by atoms with Gasteiger partial charge in [0.05, 0.1) is 0 Å². The molecule has 11 heteroatoms. The van der Waals surface area contributed by atoms with Gasteiger partial charge in [-0.15, -0.1) is 0 Å². The van der Waals surface area contributed by atoms with Crippen molar-refractivity contribution in [3.63, 3.8) is 0 Å². The maximum Gasteiger partial charge on any atom is 0.430 e. The van der Waals surface area contributed by atoms with E-state index in [0.717, 1.165) is 36.3 Å². The van der Waals surface area contributed by atoms with Crippen molar-refractivity contribution in [1.29, 1.82) is 0 Å². The topological polar surface area (TPSA) is 53.0 Å². The van der Waals surface area contributed by atoms with Crippen LogP contribution in [0, 0.1) is 5.41 Å². The highest BCUT2D eigenvalue weighted by Crippen LogP contribution is 2.50. The van der Waals surface area contributed by atoms with E-state index in [0.29, 0.717) is 49.3 Å². The van der Waals surface area contributed by atoms with Crippen LogP contribution in [-0.2, 0) is 23.3 Å². The van der Waals surface area contributed by atoms with Gasteiger partial charge in [-0.3, -0.25) is 4.90 Å². The maximum absolute atomic E-state index is 13.2. The van der Waals surface area contributed by atoms with Gasteiger partial charge >= 0.3 is 18.4 Å². The third-order valence-electron chi connectivity index (χ3n) is 7.21. The van der Waals surface area contributed by atoms with Gasteiger partial charge < -0.3 is 14.7 Å². The molecule has 0 aliphatic carbocycles. The van der Waals surface area contributed by atoms with Crippen molar-refractivity contribution in [1.82, 2.24) is 9.80 Å². The Kier molecular flexibility index (Phi) is 7.26. The molecular weight excluding hydrogens is 526 g/mol. The summed E-state index contributed by atoms with van der Waals surface area (Å²) in [6.07, 6.45) is -11.5. The lowest BCUT2D eigenvalue weighted by atomic mass is 9.73. The van der Waals surface area contributed by atoms with Crippen LogP contribution in [0.5, 0.6) is 0 Å². The van der Waals surface area contributed by atoms with E-state index in [9.17, 15) is 36.2 Å². The number of nitrogens with zero attached hydrogens (tertiary/aromatic N) is 2. The van der Waals surface area contributed by atoms with Crippen molar-refractivity contribution in [2.75, 3.05) is 26.2 Å². The highest BCUT2D eigenvalue weighted by molar-refractivity contribution is 5.70. The lowest BCUT2D eigenvalue weighted by molar-refractivity contribution is -0.376. The highest BCUT2D eigenvalue weighted by atomic mass is 19.4. The van der Waals surface area contributed by atoms with Crippen LogP contribution in [0.3, 0.4) is 0 Å². The summed E-state index contributed by atoms with van der Waals surface area (Å²) in [5, 5.41) is 9.63. The van der Waals surface area contributed by atoms with Gasteiger partial charge in [0.1, 0.15) is 5.60 Å². The molecule has 39 heavy (non-hydrogen) atoms. The molecule has 0 bridgehead atoms. The molecule has 0 radical (unpaired) electrons. The predicted octanol–water partition coefficient (Wildman–Crippen LogP) is 6.28. The molecule has 4 rings (SSSR count). The van der Waals surface area contributed by atoms with E-state index < -0.39 is 29.1 Å². The Bertz CT molecular complexity index is 1190. The predicted molar refractivity (Wildman–Crippen MR) is 133 cm³/mol. The Morgan fingerprint density at radius 1 is 0.923 bits per heavy atom. The molecule has 1 amide bonds. The zero-order valence-corrected chi connectivity index (χ0v) is 22.2. The Balaban J connectivity index is 1.41. The Morgan fingerprint density at radius 3 is 1.97 bits per heavy atom. The first-order valence-corrected chi connectivity index (χ1v) is 12.7. The van der Waals surface area contributed by atoms with Gasteiger partial charge in [-0.2, -0.15) is 26.3 Å². The van der Waals surface area contributed by atoms with Gasteiger partial charge in [0.15, 0.2) is 0 Å². The molecule has 2 heterocycles. The molecule has 1 spiro atoms. The van der Waals surface area contributed by atoms with E-state index in [4.69, 9.17) is 4.74 Å². The molecular formula is C28H32F6N2O3. The van der Waals surface area contributed by atoms with Gasteiger partial charge in [0.2, 0.25) is 0 Å². The first kappa shape index (κ1) is 29.2. The first-order chi connectivity index (χ1) is 17.9. The van der Waals surface area contributed by atoms with E-state index in [1.165, 1.54) is 0 Å². The van der Waals surface area contributed by atoms with Gasteiger partial charge in [-0.1, -0.05) is 49.4 Å². The number of rotatable bonds is 5. The largest absolute Gasteiger partial charge is 0.444 e. The molecule has 5 nitrogen and oxygen atoms in total. The lowest BCUT2D eigenvalue weighted by Crippen LogP contribution is -2.72. The van der Waals surface area contributed by atoms with Crippen molar-refractivity contribution in [2.24, 2.45) is 5.41 Å². The number of benzene rings is 2. The molecule has 2 saturated heterocycles.